The van der Waals surface area contributed by atoms with Crippen LogP contribution in [0.3, 0.4) is 0 Å². The van der Waals surface area contributed by atoms with Crippen molar-refractivity contribution in [1.82, 2.24) is 0 Å². The Kier molecular flexibility index (Phi) is 5.46. The minimum Gasteiger partial charge on any atom is -0.549 e. The molecule has 19 heavy (non-hydrogen) atoms. The number of nitrogens with one attached hydrogen (secondary N) is 1. The van der Waals surface area contributed by atoms with Gasteiger partial charge in [-0.3, -0.25) is 5.73 Å². The number of nitrogens with two attached hydrogens (primary N) is 1. The lowest BCUT2D eigenvalue weighted by molar-refractivity contribution is -0.353. The predicted octanol–water partition coefficient (Wildman–Crippen LogP) is -0.645. The lowest BCUT2D eigenvalue weighted by atomic mass is 10.4. The molecule has 0 spiro atoms. The van der Waals surface area contributed by atoms with Crippen molar-refractivity contribution in [2.24, 2.45) is 0 Å². The van der Waals surface area contributed by atoms with Crippen LogP contribution in [0, 0.1) is 0 Å². The third-order valence-electron chi connectivity index (χ3n) is 1.90. The minimum absolute atomic E-state index is 0.000741. The van der Waals surface area contributed by atoms with Crippen molar-refractivity contribution in [1.29, 1.82) is 0 Å². The summed E-state index contributed by atoms with van der Waals surface area (Å²) in [6.07, 6.45) is 1.81. The van der Waals surface area contributed by atoms with E-state index in [0.717, 1.165) is 5.13 Å². The third kappa shape index (κ3) is 5.49. The molecule has 0 aliphatic carbocycles. The number of aromatic nitrogens is 1. The van der Waals surface area contributed by atoms with E-state index in [1.807, 2.05) is 5.38 Å². The van der Waals surface area contributed by atoms with Gasteiger partial charge in [-0.25, -0.2) is 13.4 Å². The van der Waals surface area contributed by atoms with Crippen LogP contribution < -0.4 is 15.8 Å². The van der Waals surface area contributed by atoms with Gasteiger partial charge in [-0.15, -0.1) is 0 Å². The maximum absolute atomic E-state index is 11.2. The molecule has 1 aromatic carbocycles. The van der Waals surface area contributed by atoms with Crippen LogP contribution >= 0.6 is 11.3 Å². The van der Waals surface area contributed by atoms with Crippen LogP contribution in [0.15, 0.2) is 46.8 Å². The number of carboxylic acid groups (broad SMARTS) is 1. The average molecular weight is 300 g/mol. The first-order valence-electron chi connectivity index (χ1n) is 5.10. The number of carbonyl (C=O) groups excluding carboxylic acids is 1. The highest BCUT2D eigenvalue weighted by atomic mass is 32.2. The van der Waals surface area contributed by atoms with Crippen LogP contribution in [0.1, 0.15) is 0 Å². The Bertz CT molecular complexity index is 609. The van der Waals surface area contributed by atoms with Crippen molar-refractivity contribution in [3.8, 4) is 0 Å². The zero-order chi connectivity index (χ0) is 14.3. The van der Waals surface area contributed by atoms with E-state index in [0.29, 0.717) is 0 Å². The number of thiazole rings is 1. The summed E-state index contributed by atoms with van der Waals surface area (Å²) in [4.78, 5) is 12.9. The summed E-state index contributed by atoms with van der Waals surface area (Å²) in [5.74, 6) is -2.57. The quantitative estimate of drug-likeness (QED) is 0.809. The fourth-order valence-corrected chi connectivity index (χ4v) is 2.59. The zero-order valence-corrected chi connectivity index (χ0v) is 11.4. The molecule has 6 nitrogen and oxygen atoms in total. The van der Waals surface area contributed by atoms with Crippen LogP contribution in [-0.2, 0) is 14.6 Å². The molecule has 0 saturated heterocycles. The summed E-state index contributed by atoms with van der Waals surface area (Å²) in [6.45, 7) is 0. The van der Waals surface area contributed by atoms with E-state index in [-0.39, 0.29) is 4.90 Å². The molecule has 0 saturated carbocycles. The highest BCUT2D eigenvalue weighted by Crippen LogP contribution is 2.08. The highest BCUT2D eigenvalue weighted by Gasteiger charge is 2.13. The Morgan fingerprint density at radius 2 is 1.95 bits per heavy atom. The van der Waals surface area contributed by atoms with E-state index < -0.39 is 21.6 Å². The fourth-order valence-electron chi connectivity index (χ4n) is 1.12. The maximum atomic E-state index is 11.2. The van der Waals surface area contributed by atoms with E-state index in [9.17, 15) is 18.3 Å². The van der Waals surface area contributed by atoms with Gasteiger partial charge in [0.1, 0.15) is 0 Å². The van der Waals surface area contributed by atoms with Crippen LogP contribution in [0.4, 0.5) is 5.13 Å². The number of hydrogen-bond acceptors (Lipinski definition) is 6. The van der Waals surface area contributed by atoms with Crippen molar-refractivity contribution in [3.63, 3.8) is 0 Å². The monoisotopic (exact) mass is 300 g/mol. The summed E-state index contributed by atoms with van der Waals surface area (Å²) in [6, 6.07) is 7.40. The van der Waals surface area contributed by atoms with Gasteiger partial charge in [-0.2, -0.15) is 0 Å². The largest absolute Gasteiger partial charge is 0.549 e. The van der Waals surface area contributed by atoms with Gasteiger partial charge in [-0.05, 0) is 12.1 Å². The average Bonchev–Trinajstić information content (AvgIpc) is 2.81. The molecule has 2 rings (SSSR count). The third-order valence-corrected chi connectivity index (χ3v) is 4.15. The van der Waals surface area contributed by atoms with Gasteiger partial charge in [0.15, 0.2) is 9.84 Å². The Balaban J connectivity index is 0.000000250. The number of sulfone groups is 1. The molecule has 1 heterocycles. The minimum atomic E-state index is -3.72. The second kappa shape index (κ2) is 6.86. The van der Waals surface area contributed by atoms with Crippen LogP contribution in [0.2, 0.25) is 0 Å². The Labute approximate surface area is 114 Å². The van der Waals surface area contributed by atoms with Gasteiger partial charge in [0, 0.05) is 5.38 Å². The van der Waals surface area contributed by atoms with Crippen molar-refractivity contribution >= 4 is 32.3 Å². The number of benzene rings is 1. The molecule has 0 aliphatic heterocycles. The van der Waals surface area contributed by atoms with Crippen molar-refractivity contribution in [2.45, 2.75) is 4.90 Å². The highest BCUT2D eigenvalue weighted by molar-refractivity contribution is 7.92. The van der Waals surface area contributed by atoms with E-state index in [4.69, 9.17) is 5.73 Å². The van der Waals surface area contributed by atoms with Gasteiger partial charge in [-0.1, -0.05) is 29.5 Å². The molecular formula is C11H12N2O4S2. The number of H-pyrrole nitrogens is 1. The molecule has 0 aliphatic rings. The Hall–Kier alpha value is -1.93. The number of aliphatic carboxylic acids is 1. The van der Waals surface area contributed by atoms with Gasteiger partial charge in [0.2, 0.25) is 0 Å². The smallest absolute Gasteiger partial charge is 0.329 e. The first kappa shape index (κ1) is 15.1. The van der Waals surface area contributed by atoms with E-state index in [2.05, 4.69) is 4.98 Å². The molecule has 3 N–H and O–H groups in total. The van der Waals surface area contributed by atoms with Gasteiger partial charge in [0.25, 0.3) is 0 Å². The fraction of sp³-hybridized carbons (Fsp3) is 0.0909. The van der Waals surface area contributed by atoms with Crippen molar-refractivity contribution < 1.29 is 23.3 Å². The number of aromatic amines is 1. The molecule has 2 aromatic rings. The standard InChI is InChI=1S/C8H8O4S.C3H4N2S/c9-8(10)6-13(11,12)7-4-2-1-3-5-7;4-3-5-1-2-6-3/h1-5H,6H2,(H,9,10);1-2H,(H2,4,5). The molecule has 0 atom stereocenters. The van der Waals surface area contributed by atoms with Gasteiger partial charge < -0.3 is 9.90 Å². The number of anilines is 1. The van der Waals surface area contributed by atoms with Gasteiger partial charge in [0.05, 0.1) is 22.8 Å². The SMILES string of the molecule is Nc1[nH+]ccs1.O=C([O-])CS(=O)(=O)c1ccccc1. The second-order valence-electron chi connectivity index (χ2n) is 3.37. The molecule has 102 valence electrons. The number of carbonyl (C=O) groups is 1. The second-order valence-corrected chi connectivity index (χ2v) is 6.31. The number of rotatable bonds is 3. The van der Waals surface area contributed by atoms with Crippen molar-refractivity contribution in [3.05, 3.63) is 41.9 Å². The lowest BCUT2D eigenvalue weighted by Crippen LogP contribution is -2.30. The molecular weight excluding hydrogens is 288 g/mol. The molecule has 0 amide bonds. The van der Waals surface area contributed by atoms with Gasteiger partial charge >= 0.3 is 5.13 Å². The normalized spacial score (nSPS) is 10.3. The van der Waals surface area contributed by atoms with Crippen molar-refractivity contribution in [2.75, 3.05) is 11.5 Å². The first-order chi connectivity index (χ1) is 8.92. The van der Waals surface area contributed by atoms with Crippen LogP contribution in [0.25, 0.3) is 0 Å². The molecule has 0 fully saturated rings. The Morgan fingerprint density at radius 3 is 2.32 bits per heavy atom. The molecule has 1 aromatic heterocycles. The number of nitrogen functional groups attached to an aromatic ring is 1. The molecule has 0 radical (unpaired) electrons. The molecule has 0 unspecified atom stereocenters. The first-order valence-corrected chi connectivity index (χ1v) is 7.63. The van der Waals surface area contributed by atoms with Crippen LogP contribution in [-0.4, -0.2) is 20.1 Å². The predicted molar refractivity (Wildman–Crippen MR) is 68.8 cm³/mol. The molecule has 0 bridgehead atoms. The number of hydrogen-bond donors (Lipinski definition) is 1. The Morgan fingerprint density at radius 1 is 1.32 bits per heavy atom. The lowest BCUT2D eigenvalue weighted by Gasteiger charge is -2.03. The molecule has 8 heteroatoms. The summed E-state index contributed by atoms with van der Waals surface area (Å²) in [5.41, 5.74) is 5.24. The summed E-state index contributed by atoms with van der Waals surface area (Å²) in [5, 5.41) is 12.8. The topological polar surface area (TPSA) is 114 Å². The summed E-state index contributed by atoms with van der Waals surface area (Å²) < 4.78 is 22.4. The summed E-state index contributed by atoms with van der Waals surface area (Å²) in [7, 11) is -3.72. The summed E-state index contributed by atoms with van der Waals surface area (Å²) >= 11 is 1.50. The van der Waals surface area contributed by atoms with Crippen LogP contribution in [0.5, 0.6) is 0 Å². The zero-order valence-electron chi connectivity index (χ0n) is 9.78. The number of carboxylic acids is 1. The van der Waals surface area contributed by atoms with E-state index >= 15 is 0 Å². The maximum Gasteiger partial charge on any atom is 0.329 e. The van der Waals surface area contributed by atoms with E-state index in [1.165, 1.54) is 35.6 Å². The van der Waals surface area contributed by atoms with E-state index in [1.54, 1.807) is 12.3 Å².